The van der Waals surface area contributed by atoms with Gasteiger partial charge in [-0.25, -0.2) is 4.98 Å². The van der Waals surface area contributed by atoms with Gasteiger partial charge in [-0.2, -0.15) is 0 Å². The maximum absolute atomic E-state index is 4.68. The predicted molar refractivity (Wildman–Crippen MR) is 74.8 cm³/mol. The first kappa shape index (κ1) is 14.1. The summed E-state index contributed by atoms with van der Waals surface area (Å²) in [5.41, 5.74) is 7.05. The van der Waals surface area contributed by atoms with Crippen molar-refractivity contribution < 1.29 is 24.0 Å². The fraction of sp³-hybridized carbons (Fsp3) is 0.188. The summed E-state index contributed by atoms with van der Waals surface area (Å²) in [5.74, 6) is 0. The van der Waals surface area contributed by atoms with E-state index in [9.17, 15) is 0 Å². The number of pyridine rings is 1. The van der Waals surface area contributed by atoms with E-state index in [1.807, 2.05) is 12.1 Å². The molecule has 3 rings (SSSR count). The van der Waals surface area contributed by atoms with Gasteiger partial charge in [0.2, 0.25) is 0 Å². The van der Waals surface area contributed by atoms with Crippen molar-refractivity contribution >= 4 is 5.65 Å². The van der Waals surface area contributed by atoms with Crippen molar-refractivity contribution in [2.75, 3.05) is 0 Å². The number of benzene rings is 1. The number of fused-ring (bicyclic) bond motifs is 1. The SMILES string of the molecule is Cc1ccc(-c2cn3c(C)cccc3n2)cc1C.[I-]. The normalized spacial score (nSPS) is 10.5. The fourth-order valence-corrected chi connectivity index (χ4v) is 2.19. The maximum atomic E-state index is 4.68. The lowest BCUT2D eigenvalue weighted by Crippen LogP contribution is -3.00. The predicted octanol–water partition coefficient (Wildman–Crippen LogP) is 0.931. The van der Waals surface area contributed by atoms with Crippen LogP contribution in [0.1, 0.15) is 16.8 Å². The first-order chi connectivity index (χ1) is 8.65. The van der Waals surface area contributed by atoms with Crippen molar-refractivity contribution in [2.45, 2.75) is 20.8 Å². The van der Waals surface area contributed by atoms with Gasteiger partial charge in [-0.3, -0.25) is 0 Å². The zero-order chi connectivity index (χ0) is 12.7. The lowest BCUT2D eigenvalue weighted by atomic mass is 10.1. The molecular weight excluding hydrogens is 347 g/mol. The van der Waals surface area contributed by atoms with E-state index < -0.39 is 0 Å². The number of imidazole rings is 1. The molecule has 3 heteroatoms. The van der Waals surface area contributed by atoms with Crippen LogP contribution in [0.5, 0.6) is 0 Å². The molecule has 0 N–H and O–H groups in total. The summed E-state index contributed by atoms with van der Waals surface area (Å²) in [6.07, 6.45) is 2.11. The van der Waals surface area contributed by atoms with Gasteiger partial charge >= 0.3 is 0 Å². The Bertz CT molecular complexity index is 729. The molecule has 0 aliphatic heterocycles. The van der Waals surface area contributed by atoms with E-state index in [0.717, 1.165) is 11.3 Å². The molecule has 2 aromatic heterocycles. The van der Waals surface area contributed by atoms with Gasteiger partial charge in [0.1, 0.15) is 5.65 Å². The second-order valence-corrected chi connectivity index (χ2v) is 4.82. The maximum Gasteiger partial charge on any atom is 0.137 e. The Morgan fingerprint density at radius 1 is 0.947 bits per heavy atom. The molecule has 2 nitrogen and oxygen atoms in total. The van der Waals surface area contributed by atoms with Crippen molar-refractivity contribution in [1.29, 1.82) is 0 Å². The molecule has 1 aromatic carbocycles. The number of aryl methyl sites for hydroxylation is 3. The van der Waals surface area contributed by atoms with E-state index in [-0.39, 0.29) is 24.0 Å². The molecule has 98 valence electrons. The zero-order valence-corrected chi connectivity index (χ0v) is 13.5. The molecule has 0 saturated carbocycles. The molecule has 0 spiro atoms. The minimum Gasteiger partial charge on any atom is -1.00 e. The van der Waals surface area contributed by atoms with Gasteiger partial charge in [-0.05, 0) is 50.1 Å². The number of hydrogen-bond donors (Lipinski definition) is 0. The topological polar surface area (TPSA) is 17.3 Å². The summed E-state index contributed by atoms with van der Waals surface area (Å²) in [6, 6.07) is 12.7. The summed E-state index contributed by atoms with van der Waals surface area (Å²) in [6.45, 7) is 6.37. The van der Waals surface area contributed by atoms with E-state index in [1.165, 1.54) is 22.4 Å². The number of hydrogen-bond acceptors (Lipinski definition) is 1. The molecule has 0 aliphatic rings. The van der Waals surface area contributed by atoms with Crippen LogP contribution in [0, 0.1) is 20.8 Å². The Balaban J connectivity index is 0.00000133. The summed E-state index contributed by atoms with van der Waals surface area (Å²) in [4.78, 5) is 4.68. The van der Waals surface area contributed by atoms with E-state index in [1.54, 1.807) is 0 Å². The third kappa shape index (κ3) is 2.52. The molecule has 0 radical (unpaired) electrons. The van der Waals surface area contributed by atoms with Gasteiger partial charge < -0.3 is 28.4 Å². The number of halogens is 1. The Kier molecular flexibility index (Phi) is 3.94. The van der Waals surface area contributed by atoms with Crippen molar-refractivity contribution in [3.63, 3.8) is 0 Å². The molecule has 0 atom stereocenters. The van der Waals surface area contributed by atoms with Crippen LogP contribution in [-0.4, -0.2) is 9.38 Å². The van der Waals surface area contributed by atoms with Gasteiger partial charge in [0.15, 0.2) is 0 Å². The van der Waals surface area contributed by atoms with E-state index in [0.29, 0.717) is 0 Å². The molecular formula is C16H16IN2-. The quantitative estimate of drug-likeness (QED) is 0.588. The molecule has 0 fully saturated rings. The highest BCUT2D eigenvalue weighted by Crippen LogP contribution is 2.22. The van der Waals surface area contributed by atoms with Crippen molar-refractivity contribution in [3.8, 4) is 11.3 Å². The van der Waals surface area contributed by atoms with Crippen molar-refractivity contribution in [1.82, 2.24) is 9.38 Å². The standard InChI is InChI=1S/C16H16N2.HI/c1-11-7-8-14(9-12(11)2)15-10-18-13(3)5-4-6-16(18)17-15;/h4-10H,1-3H3;1H/p-1. The van der Waals surface area contributed by atoms with Crippen molar-refractivity contribution in [2.24, 2.45) is 0 Å². The lowest BCUT2D eigenvalue weighted by Gasteiger charge is -2.01. The summed E-state index contributed by atoms with van der Waals surface area (Å²) in [5, 5.41) is 0. The number of aromatic nitrogens is 2. The Labute approximate surface area is 130 Å². The van der Waals surface area contributed by atoms with E-state index in [2.05, 4.69) is 60.6 Å². The highest BCUT2D eigenvalue weighted by molar-refractivity contribution is 5.64. The highest BCUT2D eigenvalue weighted by Gasteiger charge is 2.06. The van der Waals surface area contributed by atoms with Gasteiger partial charge in [-0.15, -0.1) is 0 Å². The third-order valence-electron chi connectivity index (χ3n) is 3.50. The highest BCUT2D eigenvalue weighted by atomic mass is 127. The van der Waals surface area contributed by atoms with Crippen LogP contribution in [0.2, 0.25) is 0 Å². The largest absolute Gasteiger partial charge is 1.00 e. The van der Waals surface area contributed by atoms with Gasteiger partial charge in [0.25, 0.3) is 0 Å². The van der Waals surface area contributed by atoms with Crippen LogP contribution < -0.4 is 24.0 Å². The Morgan fingerprint density at radius 2 is 1.74 bits per heavy atom. The molecule has 0 amide bonds. The molecule has 0 bridgehead atoms. The molecule has 2 heterocycles. The van der Waals surface area contributed by atoms with E-state index >= 15 is 0 Å². The van der Waals surface area contributed by atoms with Crippen LogP contribution in [0.4, 0.5) is 0 Å². The fourth-order valence-electron chi connectivity index (χ4n) is 2.19. The van der Waals surface area contributed by atoms with Crippen LogP contribution in [-0.2, 0) is 0 Å². The lowest BCUT2D eigenvalue weighted by molar-refractivity contribution is -0.00000391. The number of nitrogens with zero attached hydrogens (tertiary/aromatic N) is 2. The second kappa shape index (κ2) is 5.33. The van der Waals surface area contributed by atoms with Crippen LogP contribution in [0.3, 0.4) is 0 Å². The number of rotatable bonds is 1. The van der Waals surface area contributed by atoms with Crippen LogP contribution in [0.15, 0.2) is 42.6 Å². The molecule has 0 aliphatic carbocycles. The second-order valence-electron chi connectivity index (χ2n) is 4.82. The smallest absolute Gasteiger partial charge is 0.137 e. The molecule has 0 unspecified atom stereocenters. The molecule has 19 heavy (non-hydrogen) atoms. The van der Waals surface area contributed by atoms with Gasteiger partial charge in [0.05, 0.1) is 5.69 Å². The van der Waals surface area contributed by atoms with E-state index in [4.69, 9.17) is 0 Å². The van der Waals surface area contributed by atoms with Crippen LogP contribution in [0.25, 0.3) is 16.9 Å². The van der Waals surface area contributed by atoms with Crippen LogP contribution >= 0.6 is 0 Å². The summed E-state index contributed by atoms with van der Waals surface area (Å²) >= 11 is 0. The average molecular weight is 363 g/mol. The summed E-state index contributed by atoms with van der Waals surface area (Å²) in [7, 11) is 0. The minimum absolute atomic E-state index is 0. The first-order valence-corrected chi connectivity index (χ1v) is 6.17. The first-order valence-electron chi connectivity index (χ1n) is 6.17. The van der Waals surface area contributed by atoms with Gasteiger partial charge in [0, 0.05) is 17.5 Å². The third-order valence-corrected chi connectivity index (χ3v) is 3.50. The minimum atomic E-state index is 0. The Morgan fingerprint density at radius 3 is 2.42 bits per heavy atom. The van der Waals surface area contributed by atoms with Crippen molar-refractivity contribution in [3.05, 3.63) is 59.4 Å². The Hall–Kier alpha value is -1.36. The average Bonchev–Trinajstić information content (AvgIpc) is 2.78. The molecule has 0 saturated heterocycles. The summed E-state index contributed by atoms with van der Waals surface area (Å²) < 4.78 is 2.13. The monoisotopic (exact) mass is 363 g/mol. The van der Waals surface area contributed by atoms with Gasteiger partial charge in [-0.1, -0.05) is 18.2 Å². The molecule has 3 aromatic rings. The zero-order valence-electron chi connectivity index (χ0n) is 11.3.